The molecule has 3 aromatic carbocycles. The maximum absolute atomic E-state index is 12.7. The van der Waals surface area contributed by atoms with Crippen LogP contribution in [0.15, 0.2) is 84.9 Å². The molecule has 0 radical (unpaired) electrons. The van der Waals surface area contributed by atoms with Crippen LogP contribution in [0.25, 0.3) is 0 Å². The summed E-state index contributed by atoms with van der Waals surface area (Å²) in [7, 11) is 0. The first-order valence-corrected chi connectivity index (χ1v) is 8.25. The van der Waals surface area contributed by atoms with Crippen LogP contribution in [0, 0.1) is 5.92 Å². The van der Waals surface area contributed by atoms with Crippen molar-refractivity contribution in [3.05, 3.63) is 102 Å². The fraction of sp³-hybridized carbons (Fsp3) is 0.136. The predicted molar refractivity (Wildman–Crippen MR) is 92.0 cm³/mol. The average molecular weight is 312 g/mol. The molecule has 3 atom stereocenters. The van der Waals surface area contributed by atoms with Crippen molar-refractivity contribution in [3.8, 4) is 5.75 Å². The van der Waals surface area contributed by atoms with E-state index in [0.717, 1.165) is 5.56 Å². The number of benzene rings is 3. The molecular formula is C22H16O2. The second-order valence-electron chi connectivity index (χ2n) is 6.52. The normalized spacial score (nSPS) is 26.9. The van der Waals surface area contributed by atoms with Crippen LogP contribution in [0.4, 0.5) is 0 Å². The van der Waals surface area contributed by atoms with Crippen molar-refractivity contribution in [3.63, 3.8) is 0 Å². The number of ether oxygens (including phenoxy) is 1. The van der Waals surface area contributed by atoms with Gasteiger partial charge in [0.15, 0.2) is 0 Å². The van der Waals surface area contributed by atoms with Gasteiger partial charge in [0, 0.05) is 16.9 Å². The van der Waals surface area contributed by atoms with E-state index in [1.54, 1.807) is 0 Å². The van der Waals surface area contributed by atoms with Gasteiger partial charge in [-0.1, -0.05) is 78.9 Å². The van der Waals surface area contributed by atoms with E-state index in [4.69, 9.17) is 4.74 Å². The van der Waals surface area contributed by atoms with Crippen LogP contribution in [0.2, 0.25) is 0 Å². The van der Waals surface area contributed by atoms with Gasteiger partial charge in [0.05, 0.1) is 5.92 Å². The van der Waals surface area contributed by atoms with E-state index in [2.05, 4.69) is 30.3 Å². The van der Waals surface area contributed by atoms with E-state index < -0.39 is 0 Å². The highest BCUT2D eigenvalue weighted by Crippen LogP contribution is 2.72. The van der Waals surface area contributed by atoms with Crippen LogP contribution < -0.4 is 4.74 Å². The van der Waals surface area contributed by atoms with Gasteiger partial charge in [0.1, 0.15) is 5.75 Å². The molecule has 2 nitrogen and oxygen atoms in total. The number of carbonyl (C=O) groups is 1. The number of hydrogen-bond acceptors (Lipinski definition) is 2. The summed E-state index contributed by atoms with van der Waals surface area (Å²) in [6.45, 7) is 0. The molecule has 0 amide bonds. The number of carbonyl (C=O) groups excluding carboxylic acids is 1. The van der Waals surface area contributed by atoms with Gasteiger partial charge in [-0.15, -0.1) is 0 Å². The zero-order chi connectivity index (χ0) is 16.1. The Morgan fingerprint density at radius 2 is 1.33 bits per heavy atom. The summed E-state index contributed by atoms with van der Waals surface area (Å²) in [6.07, 6.45) is 0. The highest BCUT2D eigenvalue weighted by Gasteiger charge is 2.73. The molecule has 24 heavy (non-hydrogen) atoms. The largest absolute Gasteiger partial charge is 0.426 e. The predicted octanol–water partition coefficient (Wildman–Crippen LogP) is 4.31. The summed E-state index contributed by atoms with van der Waals surface area (Å²) >= 11 is 0. The summed E-state index contributed by atoms with van der Waals surface area (Å²) < 4.78 is 5.65. The van der Waals surface area contributed by atoms with Crippen LogP contribution in [0.1, 0.15) is 22.6 Å². The molecule has 0 saturated heterocycles. The van der Waals surface area contributed by atoms with E-state index in [-0.39, 0.29) is 23.2 Å². The lowest BCUT2D eigenvalue weighted by Gasteiger charge is -2.25. The molecule has 1 unspecified atom stereocenters. The molecular weight excluding hydrogens is 296 g/mol. The van der Waals surface area contributed by atoms with Gasteiger partial charge in [0.2, 0.25) is 0 Å². The molecule has 3 aromatic rings. The fourth-order valence-electron chi connectivity index (χ4n) is 4.46. The SMILES string of the molecule is O=C1Oc2ccccc2C2(c3ccccc3)[C@H](c3ccccc3)[C@H]12. The van der Waals surface area contributed by atoms with Crippen LogP contribution in [-0.4, -0.2) is 5.97 Å². The molecule has 1 aliphatic carbocycles. The maximum atomic E-state index is 12.7. The zero-order valence-electron chi connectivity index (χ0n) is 13.1. The Hall–Kier alpha value is -2.87. The minimum absolute atomic E-state index is 0.119. The Labute approximate surface area is 140 Å². The van der Waals surface area contributed by atoms with Crippen LogP contribution in [0.3, 0.4) is 0 Å². The smallest absolute Gasteiger partial charge is 0.316 e. The molecule has 116 valence electrons. The number of fused-ring (bicyclic) bond motifs is 3. The molecule has 0 spiro atoms. The second kappa shape index (κ2) is 4.81. The van der Waals surface area contributed by atoms with Gasteiger partial charge in [-0.25, -0.2) is 0 Å². The minimum Gasteiger partial charge on any atom is -0.426 e. The van der Waals surface area contributed by atoms with Crippen molar-refractivity contribution in [2.24, 2.45) is 5.92 Å². The number of para-hydroxylation sites is 1. The van der Waals surface area contributed by atoms with E-state index in [9.17, 15) is 4.79 Å². The third-order valence-electron chi connectivity index (χ3n) is 5.41. The molecule has 2 heteroatoms. The van der Waals surface area contributed by atoms with E-state index >= 15 is 0 Å². The monoisotopic (exact) mass is 312 g/mol. The van der Waals surface area contributed by atoms with Gasteiger partial charge in [-0.05, 0) is 17.2 Å². The third kappa shape index (κ3) is 1.63. The molecule has 1 heterocycles. The van der Waals surface area contributed by atoms with Crippen LogP contribution in [0.5, 0.6) is 5.75 Å². The van der Waals surface area contributed by atoms with Gasteiger partial charge in [-0.2, -0.15) is 0 Å². The van der Waals surface area contributed by atoms with Crippen molar-refractivity contribution in [1.29, 1.82) is 0 Å². The number of hydrogen-bond donors (Lipinski definition) is 0. The lowest BCUT2D eigenvalue weighted by molar-refractivity contribution is -0.137. The zero-order valence-corrected chi connectivity index (χ0v) is 13.1. The molecule has 5 rings (SSSR count). The van der Waals surface area contributed by atoms with Gasteiger partial charge in [-0.3, -0.25) is 4.79 Å². The summed E-state index contributed by atoms with van der Waals surface area (Å²) in [6, 6.07) is 28.6. The standard InChI is InChI=1S/C22H16O2/c23-21-20-19(15-9-3-1-4-10-15)22(20,16-11-5-2-6-12-16)17-13-7-8-14-18(17)24-21/h1-14,19-20H/t19-,20-,22?/m1/s1. The quantitative estimate of drug-likeness (QED) is 0.521. The Bertz CT molecular complexity index is 917. The van der Waals surface area contributed by atoms with Crippen LogP contribution >= 0.6 is 0 Å². The Kier molecular flexibility index (Phi) is 2.72. The third-order valence-corrected chi connectivity index (χ3v) is 5.41. The molecule has 2 aliphatic rings. The fourth-order valence-corrected chi connectivity index (χ4v) is 4.46. The highest BCUT2D eigenvalue weighted by molar-refractivity contribution is 5.90. The maximum Gasteiger partial charge on any atom is 0.316 e. The highest BCUT2D eigenvalue weighted by atomic mass is 16.5. The molecule has 1 fully saturated rings. The molecule has 0 bridgehead atoms. The van der Waals surface area contributed by atoms with Gasteiger partial charge in [0.25, 0.3) is 0 Å². The van der Waals surface area contributed by atoms with E-state index in [1.165, 1.54) is 11.1 Å². The summed E-state index contributed by atoms with van der Waals surface area (Å²) in [5.41, 5.74) is 3.19. The molecule has 1 saturated carbocycles. The van der Waals surface area contributed by atoms with Crippen molar-refractivity contribution in [2.45, 2.75) is 11.3 Å². The van der Waals surface area contributed by atoms with Crippen molar-refractivity contribution < 1.29 is 9.53 Å². The first-order chi connectivity index (χ1) is 11.8. The van der Waals surface area contributed by atoms with Gasteiger partial charge < -0.3 is 4.74 Å². The molecule has 0 N–H and O–H groups in total. The Morgan fingerprint density at radius 3 is 2.08 bits per heavy atom. The van der Waals surface area contributed by atoms with Gasteiger partial charge >= 0.3 is 5.97 Å². The summed E-state index contributed by atoms with van der Waals surface area (Å²) in [4.78, 5) is 12.7. The molecule has 1 aliphatic heterocycles. The lowest BCUT2D eigenvalue weighted by Crippen LogP contribution is -2.26. The average Bonchev–Trinajstić information content (AvgIpc) is 3.36. The Morgan fingerprint density at radius 1 is 0.708 bits per heavy atom. The first kappa shape index (κ1) is 13.6. The summed E-state index contributed by atoms with van der Waals surface area (Å²) in [5, 5.41) is 0. The van der Waals surface area contributed by atoms with Crippen molar-refractivity contribution in [2.75, 3.05) is 0 Å². The number of rotatable bonds is 2. The topological polar surface area (TPSA) is 26.3 Å². The van der Waals surface area contributed by atoms with Crippen molar-refractivity contribution >= 4 is 5.97 Å². The first-order valence-electron chi connectivity index (χ1n) is 8.25. The minimum atomic E-state index is -0.311. The number of esters is 1. The van der Waals surface area contributed by atoms with E-state index in [1.807, 2.05) is 54.6 Å². The molecule has 0 aromatic heterocycles. The van der Waals surface area contributed by atoms with E-state index in [0.29, 0.717) is 5.75 Å². The Balaban J connectivity index is 1.79. The van der Waals surface area contributed by atoms with Crippen molar-refractivity contribution in [1.82, 2.24) is 0 Å². The van der Waals surface area contributed by atoms with Crippen LogP contribution in [-0.2, 0) is 10.2 Å². The summed E-state index contributed by atoms with van der Waals surface area (Å²) in [5.74, 6) is 0.543. The lowest BCUT2D eigenvalue weighted by atomic mass is 9.82. The second-order valence-corrected chi connectivity index (χ2v) is 6.52.